The number of nitrogens with two attached hydrogens (primary N) is 1. The van der Waals surface area contributed by atoms with Crippen LogP contribution < -0.4 is 5.73 Å². The molecule has 1 aliphatic heterocycles. The zero-order valence-electron chi connectivity index (χ0n) is 12.4. The van der Waals surface area contributed by atoms with Gasteiger partial charge in [-0.2, -0.15) is 0 Å². The van der Waals surface area contributed by atoms with Crippen molar-refractivity contribution >= 4 is 19.1 Å². The summed E-state index contributed by atoms with van der Waals surface area (Å²) in [5.41, 5.74) is 5.84. The summed E-state index contributed by atoms with van der Waals surface area (Å²) >= 11 is 0. The van der Waals surface area contributed by atoms with Gasteiger partial charge in [0, 0.05) is 18.2 Å². The van der Waals surface area contributed by atoms with E-state index in [0.29, 0.717) is 6.54 Å². The molecule has 0 bridgehead atoms. The van der Waals surface area contributed by atoms with Crippen LogP contribution in [-0.2, 0) is 16.1 Å². The van der Waals surface area contributed by atoms with Crippen LogP contribution in [0.2, 0.25) is 0 Å². The van der Waals surface area contributed by atoms with Crippen LogP contribution in [0.25, 0.3) is 0 Å². The lowest BCUT2D eigenvalue weighted by atomic mass is 10.1. The number of hydrogen-bond donors (Lipinski definition) is 2. The molecule has 21 heavy (non-hydrogen) atoms. The van der Waals surface area contributed by atoms with Crippen molar-refractivity contribution in [2.45, 2.75) is 39.3 Å². The molecule has 0 saturated carbocycles. The maximum Gasteiger partial charge on any atom is 0.254 e. The Morgan fingerprint density at radius 2 is 2.05 bits per heavy atom. The Morgan fingerprint density at radius 1 is 1.48 bits per heavy atom. The largest absolute Gasteiger partial charge is 0.508 e. The third-order valence-electron chi connectivity index (χ3n) is 3.16. The quantitative estimate of drug-likeness (QED) is 0.824. The van der Waals surface area contributed by atoms with Crippen molar-refractivity contribution in [3.05, 3.63) is 29.3 Å². The number of rotatable bonds is 3. The Morgan fingerprint density at radius 3 is 2.57 bits per heavy atom. The van der Waals surface area contributed by atoms with E-state index in [0.717, 1.165) is 24.0 Å². The first-order chi connectivity index (χ1) is 10.0. The number of amides is 2. The molecule has 0 aliphatic carbocycles. The molecule has 3 N–H and O–H groups in total. The van der Waals surface area contributed by atoms with Crippen molar-refractivity contribution in [2.75, 3.05) is 0 Å². The smallest absolute Gasteiger partial charge is 0.254 e. The van der Waals surface area contributed by atoms with E-state index < -0.39 is 0 Å². The number of hydrogen-bond acceptors (Lipinski definition) is 4. The third kappa shape index (κ3) is 4.91. The van der Waals surface area contributed by atoms with Crippen LogP contribution in [0.1, 0.15) is 42.6 Å². The molecule has 1 aromatic rings. The zero-order valence-corrected chi connectivity index (χ0v) is 12.4. The Hall–Kier alpha value is -2.37. The maximum absolute atomic E-state index is 12.1. The van der Waals surface area contributed by atoms with E-state index in [-0.39, 0.29) is 24.1 Å². The molecular formula is C15H22N2O4. The van der Waals surface area contributed by atoms with Gasteiger partial charge in [0.15, 0.2) is 0 Å². The topological polar surface area (TPSA) is 101 Å². The van der Waals surface area contributed by atoms with Crippen LogP contribution in [-0.4, -0.2) is 35.2 Å². The van der Waals surface area contributed by atoms with Gasteiger partial charge in [0.1, 0.15) is 12.5 Å². The van der Waals surface area contributed by atoms with Gasteiger partial charge in [-0.1, -0.05) is 13.3 Å². The molecule has 0 saturated heterocycles. The highest BCUT2D eigenvalue weighted by Gasteiger charge is 2.30. The molecule has 0 fully saturated rings. The predicted octanol–water partition coefficient (Wildman–Crippen LogP) is 1.45. The number of phenols is 1. The molecule has 0 radical (unpaired) electrons. The summed E-state index contributed by atoms with van der Waals surface area (Å²) in [6.07, 6.45) is 2.35. The van der Waals surface area contributed by atoms with Crippen molar-refractivity contribution in [1.82, 2.24) is 4.90 Å². The average molecular weight is 294 g/mol. The lowest BCUT2D eigenvalue weighted by molar-refractivity contribution is -0.107. The second-order valence-electron chi connectivity index (χ2n) is 4.55. The van der Waals surface area contributed by atoms with Crippen molar-refractivity contribution in [1.29, 1.82) is 0 Å². The van der Waals surface area contributed by atoms with E-state index in [2.05, 4.69) is 19.6 Å². The number of nitrogens with zero attached hydrogens (tertiary/aromatic N) is 1. The summed E-state index contributed by atoms with van der Waals surface area (Å²) in [4.78, 5) is 30.5. The summed E-state index contributed by atoms with van der Waals surface area (Å²) in [6.45, 7) is 6.83. The van der Waals surface area contributed by atoms with E-state index in [4.69, 9.17) is 9.59 Å². The van der Waals surface area contributed by atoms with Gasteiger partial charge in [-0.25, -0.2) is 0 Å². The van der Waals surface area contributed by atoms with E-state index in [1.807, 2.05) is 11.7 Å². The van der Waals surface area contributed by atoms with Gasteiger partial charge in [0.05, 0.1) is 0 Å². The van der Waals surface area contributed by atoms with Crippen molar-refractivity contribution < 1.29 is 19.5 Å². The zero-order chi connectivity index (χ0) is 16.4. The fraction of sp³-hybridized carbons (Fsp3) is 0.400. The third-order valence-corrected chi connectivity index (χ3v) is 3.16. The van der Waals surface area contributed by atoms with E-state index in [9.17, 15) is 9.90 Å². The standard InChI is InChI=1S/C13H17NO2.CH3NO.CH2O/c1-3-4-9(2)14-8-10-7-11(15)5-6-12(10)13(14)16;2-1-3;1-2/h5-7,9,15H,3-4,8H2,1-2H3;1H,(H2,2,3);1H2. The number of carbonyl (C=O) groups excluding carboxylic acids is 3. The summed E-state index contributed by atoms with van der Waals surface area (Å²) in [5.74, 6) is 0.326. The van der Waals surface area contributed by atoms with E-state index >= 15 is 0 Å². The number of aromatic hydroxyl groups is 1. The summed E-state index contributed by atoms with van der Waals surface area (Å²) in [6, 6.07) is 5.24. The number of phenolic OH excluding ortho intramolecular Hbond substituents is 1. The van der Waals surface area contributed by atoms with Crippen LogP contribution >= 0.6 is 0 Å². The molecule has 6 nitrogen and oxygen atoms in total. The molecule has 0 spiro atoms. The Labute approximate surface area is 124 Å². The summed E-state index contributed by atoms with van der Waals surface area (Å²) in [7, 11) is 0. The van der Waals surface area contributed by atoms with Crippen LogP contribution in [0.4, 0.5) is 0 Å². The molecule has 1 atom stereocenters. The number of benzene rings is 1. The Kier molecular flexibility index (Phi) is 8.45. The minimum absolute atomic E-state index is 0.0935. The van der Waals surface area contributed by atoms with Crippen LogP contribution in [0.15, 0.2) is 18.2 Å². The fourth-order valence-corrected chi connectivity index (χ4v) is 2.26. The van der Waals surface area contributed by atoms with Crippen LogP contribution in [0, 0.1) is 0 Å². The minimum Gasteiger partial charge on any atom is -0.508 e. The number of carbonyl (C=O) groups is 3. The number of fused-ring (bicyclic) bond motifs is 1. The summed E-state index contributed by atoms with van der Waals surface area (Å²) < 4.78 is 0. The molecule has 116 valence electrons. The Balaban J connectivity index is 0.000000713. The fourth-order valence-electron chi connectivity index (χ4n) is 2.26. The monoisotopic (exact) mass is 294 g/mol. The number of primary amides is 1. The molecule has 1 unspecified atom stereocenters. The first-order valence-corrected chi connectivity index (χ1v) is 6.62. The maximum atomic E-state index is 12.1. The first kappa shape index (κ1) is 18.6. The molecule has 6 heteroatoms. The lowest BCUT2D eigenvalue weighted by Gasteiger charge is -2.23. The highest BCUT2D eigenvalue weighted by atomic mass is 16.3. The molecule has 2 amide bonds. The highest BCUT2D eigenvalue weighted by Crippen LogP contribution is 2.28. The second kappa shape index (κ2) is 9.52. The van der Waals surface area contributed by atoms with Gasteiger partial charge in [0.25, 0.3) is 5.91 Å². The molecule has 1 aromatic carbocycles. The van der Waals surface area contributed by atoms with Crippen molar-refractivity contribution in [2.24, 2.45) is 5.73 Å². The molecule has 2 rings (SSSR count). The SMILES string of the molecule is C=O.CCCC(C)N1Cc2cc(O)ccc2C1=O.NC=O. The van der Waals surface area contributed by atoms with Gasteiger partial charge < -0.3 is 20.5 Å². The van der Waals surface area contributed by atoms with E-state index in [1.54, 1.807) is 18.2 Å². The predicted molar refractivity (Wildman–Crippen MR) is 79.7 cm³/mol. The first-order valence-electron chi connectivity index (χ1n) is 6.62. The van der Waals surface area contributed by atoms with E-state index in [1.165, 1.54) is 0 Å². The average Bonchev–Trinajstić information content (AvgIpc) is 2.79. The molecule has 1 heterocycles. The van der Waals surface area contributed by atoms with Gasteiger partial charge in [-0.15, -0.1) is 0 Å². The lowest BCUT2D eigenvalue weighted by Crippen LogP contribution is -2.33. The van der Waals surface area contributed by atoms with Gasteiger partial charge in [-0.05, 0) is 37.1 Å². The highest BCUT2D eigenvalue weighted by molar-refractivity contribution is 5.98. The molecular weight excluding hydrogens is 272 g/mol. The van der Waals surface area contributed by atoms with Gasteiger partial charge in [-0.3, -0.25) is 9.59 Å². The normalized spacial score (nSPS) is 13.2. The van der Waals surface area contributed by atoms with Gasteiger partial charge in [0.2, 0.25) is 6.41 Å². The van der Waals surface area contributed by atoms with Gasteiger partial charge >= 0.3 is 0 Å². The summed E-state index contributed by atoms with van der Waals surface area (Å²) in [5, 5.41) is 9.38. The van der Waals surface area contributed by atoms with Crippen LogP contribution in [0.5, 0.6) is 5.75 Å². The van der Waals surface area contributed by atoms with Crippen molar-refractivity contribution in [3.8, 4) is 5.75 Å². The minimum atomic E-state index is 0.0935. The molecule has 0 aromatic heterocycles. The Bertz CT molecular complexity index is 477. The van der Waals surface area contributed by atoms with Crippen molar-refractivity contribution in [3.63, 3.8) is 0 Å². The second-order valence-corrected chi connectivity index (χ2v) is 4.55. The van der Waals surface area contributed by atoms with Crippen LogP contribution in [0.3, 0.4) is 0 Å². The molecule has 1 aliphatic rings.